The van der Waals surface area contributed by atoms with E-state index in [1.807, 2.05) is 12.1 Å². The van der Waals surface area contributed by atoms with Crippen molar-refractivity contribution in [2.75, 3.05) is 6.54 Å². The van der Waals surface area contributed by atoms with Gasteiger partial charge in [0, 0.05) is 24.7 Å². The third-order valence-electron chi connectivity index (χ3n) is 3.65. The Balaban J connectivity index is 1.98. The molecule has 1 aromatic rings. The van der Waals surface area contributed by atoms with E-state index in [1.54, 1.807) is 12.1 Å². The summed E-state index contributed by atoms with van der Waals surface area (Å²) < 4.78 is 0. The molecule has 0 N–H and O–H groups in total. The molecule has 2 rings (SSSR count). The Labute approximate surface area is 108 Å². The summed E-state index contributed by atoms with van der Waals surface area (Å²) in [4.78, 5) is 12.7. The van der Waals surface area contributed by atoms with Crippen molar-refractivity contribution >= 4 is 5.69 Å². The van der Waals surface area contributed by atoms with Crippen molar-refractivity contribution in [3.8, 4) is 0 Å². The molecule has 1 aromatic carbocycles. The molecule has 1 saturated heterocycles. The van der Waals surface area contributed by atoms with Crippen LogP contribution >= 0.6 is 0 Å². The highest BCUT2D eigenvalue weighted by molar-refractivity contribution is 5.32. The fourth-order valence-corrected chi connectivity index (χ4v) is 2.72. The molecule has 0 amide bonds. The minimum absolute atomic E-state index is 0.172. The van der Waals surface area contributed by atoms with Gasteiger partial charge in [0.2, 0.25) is 0 Å². The standard InChI is InChI=1S/C14H20N2O2/c1-2-4-13-5-3-10-15(13)11-12-6-8-14(9-7-12)16(17)18/h6-9,13H,2-5,10-11H2,1H3/t13-/m0/s1. The van der Waals surface area contributed by atoms with E-state index >= 15 is 0 Å². The molecule has 0 unspecified atom stereocenters. The van der Waals surface area contributed by atoms with Gasteiger partial charge in [-0.15, -0.1) is 0 Å². The lowest BCUT2D eigenvalue weighted by Gasteiger charge is -2.24. The zero-order valence-corrected chi connectivity index (χ0v) is 10.8. The maximum Gasteiger partial charge on any atom is 0.269 e. The number of nitrogens with zero attached hydrogens (tertiary/aromatic N) is 2. The number of rotatable bonds is 5. The van der Waals surface area contributed by atoms with E-state index in [1.165, 1.54) is 31.2 Å². The predicted octanol–water partition coefficient (Wildman–Crippen LogP) is 3.36. The van der Waals surface area contributed by atoms with Gasteiger partial charge in [0.1, 0.15) is 0 Å². The fraction of sp³-hybridized carbons (Fsp3) is 0.571. The molecule has 1 fully saturated rings. The minimum atomic E-state index is -0.348. The van der Waals surface area contributed by atoms with Crippen LogP contribution in [0, 0.1) is 10.1 Å². The highest BCUT2D eigenvalue weighted by Crippen LogP contribution is 2.24. The zero-order valence-electron chi connectivity index (χ0n) is 10.8. The summed E-state index contributed by atoms with van der Waals surface area (Å²) in [6, 6.07) is 7.64. The van der Waals surface area contributed by atoms with Gasteiger partial charge in [0.05, 0.1) is 4.92 Å². The number of nitro benzene ring substituents is 1. The van der Waals surface area contributed by atoms with Crippen molar-refractivity contribution in [2.24, 2.45) is 0 Å². The zero-order chi connectivity index (χ0) is 13.0. The first-order valence-corrected chi connectivity index (χ1v) is 6.68. The SMILES string of the molecule is CCC[C@H]1CCCN1Cc1ccc([N+](=O)[O-])cc1. The van der Waals surface area contributed by atoms with Gasteiger partial charge < -0.3 is 0 Å². The Morgan fingerprint density at radius 2 is 2.11 bits per heavy atom. The van der Waals surface area contributed by atoms with Gasteiger partial charge in [-0.3, -0.25) is 15.0 Å². The first-order chi connectivity index (χ1) is 8.70. The molecular formula is C14H20N2O2. The number of benzene rings is 1. The molecule has 98 valence electrons. The molecule has 1 aliphatic rings. The van der Waals surface area contributed by atoms with Crippen LogP contribution in [0.3, 0.4) is 0 Å². The molecule has 1 atom stereocenters. The average molecular weight is 248 g/mol. The van der Waals surface area contributed by atoms with Crippen molar-refractivity contribution in [2.45, 2.75) is 45.2 Å². The number of non-ortho nitro benzene ring substituents is 1. The normalized spacial score (nSPS) is 20.2. The molecule has 0 spiro atoms. The van der Waals surface area contributed by atoms with Crippen LogP contribution in [0.5, 0.6) is 0 Å². The van der Waals surface area contributed by atoms with E-state index in [0.29, 0.717) is 6.04 Å². The van der Waals surface area contributed by atoms with Crippen molar-refractivity contribution in [3.05, 3.63) is 39.9 Å². The van der Waals surface area contributed by atoms with E-state index in [2.05, 4.69) is 11.8 Å². The molecule has 1 aliphatic heterocycles. The van der Waals surface area contributed by atoms with Crippen molar-refractivity contribution in [3.63, 3.8) is 0 Å². The number of hydrogen-bond donors (Lipinski definition) is 0. The summed E-state index contributed by atoms with van der Waals surface area (Å²) in [6.07, 6.45) is 5.05. The molecule has 0 aromatic heterocycles. The van der Waals surface area contributed by atoms with Crippen molar-refractivity contribution in [1.29, 1.82) is 0 Å². The van der Waals surface area contributed by atoms with Crippen molar-refractivity contribution in [1.82, 2.24) is 4.90 Å². The van der Waals surface area contributed by atoms with Crippen molar-refractivity contribution < 1.29 is 4.92 Å². The maximum atomic E-state index is 10.6. The molecule has 0 aliphatic carbocycles. The molecule has 0 bridgehead atoms. The van der Waals surface area contributed by atoms with Crippen LogP contribution in [-0.4, -0.2) is 22.4 Å². The quantitative estimate of drug-likeness (QED) is 0.593. The Kier molecular flexibility index (Phi) is 4.31. The second-order valence-corrected chi connectivity index (χ2v) is 4.98. The van der Waals surface area contributed by atoms with Gasteiger partial charge in [0.25, 0.3) is 5.69 Å². The van der Waals surface area contributed by atoms with Crippen LogP contribution in [0.25, 0.3) is 0 Å². The van der Waals surface area contributed by atoms with Gasteiger partial charge in [-0.25, -0.2) is 0 Å². The fourth-order valence-electron chi connectivity index (χ4n) is 2.72. The maximum absolute atomic E-state index is 10.6. The van der Waals surface area contributed by atoms with Crippen LogP contribution in [0.1, 0.15) is 38.2 Å². The molecule has 0 saturated carbocycles. The topological polar surface area (TPSA) is 46.4 Å². The average Bonchev–Trinajstić information content (AvgIpc) is 2.78. The lowest BCUT2D eigenvalue weighted by Crippen LogP contribution is -2.28. The lowest BCUT2D eigenvalue weighted by atomic mass is 10.1. The highest BCUT2D eigenvalue weighted by Gasteiger charge is 2.23. The summed E-state index contributed by atoms with van der Waals surface area (Å²) in [5.41, 5.74) is 1.34. The highest BCUT2D eigenvalue weighted by atomic mass is 16.6. The Hall–Kier alpha value is -1.42. The van der Waals surface area contributed by atoms with E-state index in [4.69, 9.17) is 0 Å². The Bertz CT molecular complexity index is 403. The van der Waals surface area contributed by atoms with Crippen LogP contribution in [0.15, 0.2) is 24.3 Å². The molecule has 18 heavy (non-hydrogen) atoms. The third-order valence-corrected chi connectivity index (χ3v) is 3.65. The molecule has 0 radical (unpaired) electrons. The van der Waals surface area contributed by atoms with E-state index < -0.39 is 0 Å². The molecule has 4 nitrogen and oxygen atoms in total. The van der Waals surface area contributed by atoms with Gasteiger partial charge in [-0.1, -0.05) is 25.5 Å². The van der Waals surface area contributed by atoms with E-state index in [0.717, 1.165) is 13.1 Å². The molecular weight excluding hydrogens is 228 g/mol. The smallest absolute Gasteiger partial charge is 0.269 e. The Morgan fingerprint density at radius 1 is 1.39 bits per heavy atom. The number of nitro groups is 1. The van der Waals surface area contributed by atoms with Crippen LogP contribution in [0.4, 0.5) is 5.69 Å². The lowest BCUT2D eigenvalue weighted by molar-refractivity contribution is -0.384. The number of hydrogen-bond acceptors (Lipinski definition) is 3. The minimum Gasteiger partial charge on any atom is -0.296 e. The number of likely N-dealkylation sites (tertiary alicyclic amines) is 1. The first-order valence-electron chi connectivity index (χ1n) is 6.68. The summed E-state index contributed by atoms with van der Waals surface area (Å²) in [5.74, 6) is 0. The van der Waals surface area contributed by atoms with Crippen LogP contribution in [-0.2, 0) is 6.54 Å². The summed E-state index contributed by atoms with van der Waals surface area (Å²) in [5, 5.41) is 10.6. The molecule has 4 heteroatoms. The van der Waals surface area contributed by atoms with Crippen LogP contribution < -0.4 is 0 Å². The Morgan fingerprint density at radius 3 is 2.72 bits per heavy atom. The van der Waals surface area contributed by atoms with E-state index in [-0.39, 0.29) is 10.6 Å². The monoisotopic (exact) mass is 248 g/mol. The van der Waals surface area contributed by atoms with Gasteiger partial charge in [0.15, 0.2) is 0 Å². The first kappa shape index (κ1) is 13.0. The van der Waals surface area contributed by atoms with Crippen LogP contribution in [0.2, 0.25) is 0 Å². The van der Waals surface area contributed by atoms with Gasteiger partial charge in [-0.05, 0) is 31.4 Å². The van der Waals surface area contributed by atoms with Gasteiger partial charge >= 0.3 is 0 Å². The second-order valence-electron chi connectivity index (χ2n) is 4.98. The predicted molar refractivity (Wildman–Crippen MR) is 71.4 cm³/mol. The summed E-state index contributed by atoms with van der Waals surface area (Å²) >= 11 is 0. The molecule has 1 heterocycles. The van der Waals surface area contributed by atoms with Gasteiger partial charge in [-0.2, -0.15) is 0 Å². The second kappa shape index (κ2) is 5.96. The summed E-state index contributed by atoms with van der Waals surface area (Å²) in [6.45, 7) is 4.30. The third kappa shape index (κ3) is 3.07. The largest absolute Gasteiger partial charge is 0.296 e. The summed E-state index contributed by atoms with van der Waals surface area (Å²) in [7, 11) is 0. The van der Waals surface area contributed by atoms with E-state index in [9.17, 15) is 10.1 Å².